The van der Waals surface area contributed by atoms with Crippen LogP contribution in [-0.4, -0.2) is 8.42 Å². The van der Waals surface area contributed by atoms with Crippen LogP contribution in [0.1, 0.15) is 29.7 Å². The molecule has 1 atom stereocenters. The average Bonchev–Trinajstić information content (AvgIpc) is 2.63. The Morgan fingerprint density at radius 2 is 1.46 bits per heavy atom. The van der Waals surface area contributed by atoms with Crippen molar-refractivity contribution in [2.45, 2.75) is 31.7 Å². The summed E-state index contributed by atoms with van der Waals surface area (Å²) in [6.45, 7) is 5.91. The molecule has 134 valence electrons. The molecule has 0 saturated carbocycles. The third-order valence-corrected chi connectivity index (χ3v) is 6.46. The van der Waals surface area contributed by atoms with Crippen LogP contribution in [0.25, 0.3) is 0 Å². The van der Waals surface area contributed by atoms with E-state index in [0.717, 1.165) is 16.7 Å². The summed E-state index contributed by atoms with van der Waals surface area (Å²) in [5.74, 6) is 0. The van der Waals surface area contributed by atoms with Crippen LogP contribution in [0.15, 0.2) is 83.8 Å². The van der Waals surface area contributed by atoms with Crippen molar-refractivity contribution in [1.29, 1.82) is 0 Å². The fourth-order valence-corrected chi connectivity index (χ4v) is 4.87. The molecule has 3 aromatic carbocycles. The first-order valence-corrected chi connectivity index (χ1v) is 10.1. The maximum Gasteiger partial charge on any atom is 0.264 e. The lowest BCUT2D eigenvalue weighted by atomic mass is 10.0. The minimum atomic E-state index is -3.70. The lowest BCUT2D eigenvalue weighted by Crippen LogP contribution is -2.34. The molecule has 0 fully saturated rings. The summed E-state index contributed by atoms with van der Waals surface area (Å²) in [5.41, 5.74) is 3.76. The lowest BCUT2D eigenvalue weighted by molar-refractivity contribution is 0.582. The molecule has 4 heteroatoms. The number of sulfonamides is 1. The summed E-state index contributed by atoms with van der Waals surface area (Å²) < 4.78 is 28.5. The first-order chi connectivity index (χ1) is 12.4. The highest BCUT2D eigenvalue weighted by molar-refractivity contribution is 7.92. The molecule has 26 heavy (non-hydrogen) atoms. The Morgan fingerprint density at radius 1 is 0.808 bits per heavy atom. The quantitative estimate of drug-likeness (QED) is 0.618. The highest BCUT2D eigenvalue weighted by Crippen LogP contribution is 2.34. The van der Waals surface area contributed by atoms with E-state index in [1.807, 2.05) is 75.4 Å². The predicted molar refractivity (Wildman–Crippen MR) is 107 cm³/mol. The first-order valence-electron chi connectivity index (χ1n) is 8.63. The van der Waals surface area contributed by atoms with Gasteiger partial charge >= 0.3 is 0 Å². The summed E-state index contributed by atoms with van der Waals surface area (Å²) in [7, 11) is -3.70. The van der Waals surface area contributed by atoms with E-state index in [0.29, 0.717) is 10.6 Å². The predicted octanol–water partition coefficient (Wildman–Crippen LogP) is 5.26. The van der Waals surface area contributed by atoms with Crippen molar-refractivity contribution in [3.05, 3.63) is 95.6 Å². The van der Waals surface area contributed by atoms with E-state index < -0.39 is 10.0 Å². The molecule has 3 aromatic rings. The maximum atomic E-state index is 13.5. The molecule has 0 aliphatic rings. The second-order valence-electron chi connectivity index (χ2n) is 6.49. The van der Waals surface area contributed by atoms with Crippen LogP contribution in [0, 0.1) is 13.8 Å². The zero-order chi connectivity index (χ0) is 18.7. The van der Waals surface area contributed by atoms with E-state index in [1.165, 1.54) is 4.31 Å². The van der Waals surface area contributed by atoms with E-state index in [1.54, 1.807) is 24.3 Å². The van der Waals surface area contributed by atoms with Crippen molar-refractivity contribution in [3.63, 3.8) is 0 Å². The maximum absolute atomic E-state index is 13.5. The van der Waals surface area contributed by atoms with Gasteiger partial charge in [-0.05, 0) is 61.7 Å². The van der Waals surface area contributed by atoms with Crippen molar-refractivity contribution in [2.75, 3.05) is 4.31 Å². The van der Waals surface area contributed by atoms with Gasteiger partial charge < -0.3 is 0 Å². The molecule has 0 spiro atoms. The van der Waals surface area contributed by atoms with Crippen LogP contribution in [0.2, 0.25) is 0 Å². The van der Waals surface area contributed by atoms with Gasteiger partial charge in [-0.15, -0.1) is 0 Å². The Labute approximate surface area is 156 Å². The van der Waals surface area contributed by atoms with Crippen LogP contribution >= 0.6 is 0 Å². The molecule has 0 aliphatic heterocycles. The molecule has 0 amide bonds. The molecule has 0 saturated heterocycles. The highest BCUT2D eigenvalue weighted by atomic mass is 32.2. The van der Waals surface area contributed by atoms with Crippen molar-refractivity contribution in [3.8, 4) is 0 Å². The number of hydrogen-bond donors (Lipinski definition) is 0. The fourth-order valence-electron chi connectivity index (χ4n) is 3.22. The number of anilines is 1. The molecule has 0 bridgehead atoms. The van der Waals surface area contributed by atoms with Crippen molar-refractivity contribution >= 4 is 15.7 Å². The Bertz CT molecular complexity index is 997. The smallest absolute Gasteiger partial charge is 0.259 e. The number of benzene rings is 3. The van der Waals surface area contributed by atoms with E-state index in [-0.39, 0.29) is 6.04 Å². The van der Waals surface area contributed by atoms with Gasteiger partial charge in [0, 0.05) is 0 Å². The van der Waals surface area contributed by atoms with Crippen LogP contribution < -0.4 is 4.31 Å². The number of aryl methyl sites for hydroxylation is 2. The Balaban J connectivity index is 2.19. The van der Waals surface area contributed by atoms with E-state index in [4.69, 9.17) is 0 Å². The molecule has 0 aliphatic carbocycles. The Hall–Kier alpha value is -2.59. The lowest BCUT2D eigenvalue weighted by Gasteiger charge is -2.32. The molecular weight excluding hydrogens is 342 g/mol. The van der Waals surface area contributed by atoms with Crippen molar-refractivity contribution in [1.82, 2.24) is 0 Å². The topological polar surface area (TPSA) is 37.4 Å². The molecule has 3 nitrogen and oxygen atoms in total. The van der Waals surface area contributed by atoms with Crippen LogP contribution in [-0.2, 0) is 10.0 Å². The molecule has 0 aromatic heterocycles. The number of nitrogens with zero attached hydrogens (tertiary/aromatic N) is 1. The first kappa shape index (κ1) is 18.2. The average molecular weight is 365 g/mol. The summed E-state index contributed by atoms with van der Waals surface area (Å²) >= 11 is 0. The second kappa shape index (κ2) is 7.34. The third-order valence-electron chi connectivity index (χ3n) is 4.55. The summed E-state index contributed by atoms with van der Waals surface area (Å²) in [6.07, 6.45) is 0. The molecule has 0 heterocycles. The Morgan fingerprint density at radius 3 is 2.12 bits per heavy atom. The second-order valence-corrected chi connectivity index (χ2v) is 8.30. The molecule has 0 N–H and O–H groups in total. The molecular formula is C22H23NO2S. The SMILES string of the molecule is Cc1cccc(N(C(C)c2ccccc2C)S(=O)(=O)c2ccccc2)c1. The van der Waals surface area contributed by atoms with Crippen LogP contribution in [0.5, 0.6) is 0 Å². The normalized spacial score (nSPS) is 12.6. The van der Waals surface area contributed by atoms with Gasteiger partial charge in [0.25, 0.3) is 10.0 Å². The fraction of sp³-hybridized carbons (Fsp3) is 0.182. The summed E-state index contributed by atoms with van der Waals surface area (Å²) in [4.78, 5) is 0.293. The van der Waals surface area contributed by atoms with E-state index in [2.05, 4.69) is 0 Å². The third kappa shape index (κ3) is 3.51. The molecule has 3 rings (SSSR count). The van der Waals surface area contributed by atoms with Crippen molar-refractivity contribution in [2.24, 2.45) is 0 Å². The zero-order valence-electron chi connectivity index (χ0n) is 15.3. The Kier molecular flexibility index (Phi) is 5.14. The number of rotatable bonds is 5. The van der Waals surface area contributed by atoms with Crippen molar-refractivity contribution < 1.29 is 8.42 Å². The zero-order valence-corrected chi connectivity index (χ0v) is 16.1. The van der Waals surface area contributed by atoms with Gasteiger partial charge in [-0.3, -0.25) is 4.31 Å². The largest absolute Gasteiger partial charge is 0.264 e. The van der Waals surface area contributed by atoms with Gasteiger partial charge in [-0.2, -0.15) is 0 Å². The van der Waals surface area contributed by atoms with Crippen LogP contribution in [0.4, 0.5) is 5.69 Å². The summed E-state index contributed by atoms with van der Waals surface area (Å²) in [5, 5.41) is 0. The minimum absolute atomic E-state index is 0.293. The van der Waals surface area contributed by atoms with Gasteiger partial charge in [0.1, 0.15) is 0 Å². The highest BCUT2D eigenvalue weighted by Gasteiger charge is 2.30. The van der Waals surface area contributed by atoms with Gasteiger partial charge in [-0.1, -0.05) is 54.6 Å². The van der Waals surface area contributed by atoms with E-state index >= 15 is 0 Å². The summed E-state index contributed by atoms with van der Waals surface area (Å²) in [6, 6.07) is 23.8. The standard InChI is InChI=1S/C22H23NO2S/c1-17-10-9-12-20(16-17)23(19(3)22-15-8-7-11-18(22)2)26(24,25)21-13-5-4-6-14-21/h4-16,19H,1-3H3. The van der Waals surface area contributed by atoms with Gasteiger partial charge in [0.05, 0.1) is 16.6 Å². The van der Waals surface area contributed by atoms with Gasteiger partial charge in [-0.25, -0.2) is 8.42 Å². The van der Waals surface area contributed by atoms with Gasteiger partial charge in [0.15, 0.2) is 0 Å². The monoisotopic (exact) mass is 365 g/mol. The molecule has 0 radical (unpaired) electrons. The minimum Gasteiger partial charge on any atom is -0.259 e. The van der Waals surface area contributed by atoms with Crippen LogP contribution in [0.3, 0.4) is 0 Å². The van der Waals surface area contributed by atoms with E-state index in [9.17, 15) is 8.42 Å². The van der Waals surface area contributed by atoms with Gasteiger partial charge in [0.2, 0.25) is 0 Å². The number of hydrogen-bond acceptors (Lipinski definition) is 2. The molecule has 1 unspecified atom stereocenters.